The first-order valence-corrected chi connectivity index (χ1v) is 6.94. The number of aromatic hydroxyl groups is 1. The van der Waals surface area contributed by atoms with Crippen LogP contribution >= 0.6 is 0 Å². The third-order valence-corrected chi connectivity index (χ3v) is 3.78. The molecule has 1 aliphatic heterocycles. The molecule has 0 radical (unpaired) electrons. The van der Waals surface area contributed by atoms with E-state index in [1.807, 2.05) is 0 Å². The van der Waals surface area contributed by atoms with Gasteiger partial charge >= 0.3 is 5.69 Å². The first-order chi connectivity index (χ1) is 10.1. The third kappa shape index (κ3) is 3.13. The van der Waals surface area contributed by atoms with Gasteiger partial charge in [-0.2, -0.15) is 0 Å². The molecule has 0 bridgehead atoms. The maximum absolute atomic E-state index is 12.5. The van der Waals surface area contributed by atoms with Crippen LogP contribution in [-0.4, -0.2) is 45.1 Å². The fourth-order valence-electron chi connectivity index (χ4n) is 2.74. The number of likely N-dealkylation sites (tertiary alicyclic amines) is 1. The number of amides is 1. The molecule has 0 spiro atoms. The minimum Gasteiger partial charge on any atom is -0.502 e. The Kier molecular flexibility index (Phi) is 4.74. The Morgan fingerprint density at radius 1 is 1.48 bits per heavy atom. The van der Waals surface area contributed by atoms with Crippen molar-refractivity contribution in [1.82, 2.24) is 4.90 Å². The highest BCUT2D eigenvalue weighted by atomic mass is 16.6. The second-order valence-corrected chi connectivity index (χ2v) is 5.09. The first kappa shape index (κ1) is 15.2. The molecule has 1 amide bonds. The summed E-state index contributed by atoms with van der Waals surface area (Å²) in [5, 5.41) is 29.6. The van der Waals surface area contributed by atoms with Gasteiger partial charge < -0.3 is 15.1 Å². The predicted octanol–water partition coefficient (Wildman–Crippen LogP) is 1.68. The topological polar surface area (TPSA) is 104 Å². The summed E-state index contributed by atoms with van der Waals surface area (Å²) < 4.78 is 0. The molecule has 1 heterocycles. The number of phenolic OH excluding ortho intramolecular Hbond substituents is 1. The molecule has 0 aliphatic carbocycles. The molecule has 1 saturated heterocycles. The number of rotatable bonds is 5. The first-order valence-electron chi connectivity index (χ1n) is 6.94. The zero-order chi connectivity index (χ0) is 15.4. The quantitative estimate of drug-likeness (QED) is 0.635. The minimum absolute atomic E-state index is 0.0170. The largest absolute Gasteiger partial charge is 0.502 e. The van der Waals surface area contributed by atoms with Crippen LogP contribution in [0.1, 0.15) is 36.0 Å². The van der Waals surface area contributed by atoms with E-state index in [1.54, 1.807) is 4.90 Å². The van der Waals surface area contributed by atoms with Crippen LogP contribution in [0.3, 0.4) is 0 Å². The molecule has 0 saturated carbocycles. The van der Waals surface area contributed by atoms with Gasteiger partial charge in [0.2, 0.25) is 5.75 Å². The maximum Gasteiger partial charge on any atom is 0.311 e. The van der Waals surface area contributed by atoms with Crippen LogP contribution in [0, 0.1) is 10.1 Å². The maximum atomic E-state index is 12.5. The molecule has 7 nitrogen and oxygen atoms in total. The molecule has 2 N–H and O–H groups in total. The van der Waals surface area contributed by atoms with Crippen molar-refractivity contribution >= 4 is 11.6 Å². The van der Waals surface area contributed by atoms with Crippen molar-refractivity contribution in [3.05, 3.63) is 33.9 Å². The monoisotopic (exact) mass is 294 g/mol. The fourth-order valence-corrected chi connectivity index (χ4v) is 2.74. The number of benzene rings is 1. The number of hydrogen-bond donors (Lipinski definition) is 2. The minimum atomic E-state index is -0.709. The standard InChI is InChI=1S/C14H18N2O5/c17-9-3-5-10-4-2-8-15(10)14(19)11-6-1-7-12(13(11)18)16(20)21/h1,6-7,10,17-18H,2-5,8-9H2. The van der Waals surface area contributed by atoms with Crippen LogP contribution in [0.25, 0.3) is 0 Å². The summed E-state index contributed by atoms with van der Waals surface area (Å²) in [6, 6.07) is 3.97. The van der Waals surface area contributed by atoms with Crippen molar-refractivity contribution in [3.63, 3.8) is 0 Å². The summed E-state index contributed by atoms with van der Waals surface area (Å²) in [6.07, 6.45) is 3.01. The van der Waals surface area contributed by atoms with Crippen LogP contribution < -0.4 is 0 Å². The van der Waals surface area contributed by atoms with E-state index in [0.29, 0.717) is 19.4 Å². The molecule has 7 heteroatoms. The molecule has 1 fully saturated rings. The third-order valence-electron chi connectivity index (χ3n) is 3.78. The van der Waals surface area contributed by atoms with E-state index in [2.05, 4.69) is 0 Å². The van der Waals surface area contributed by atoms with Crippen molar-refractivity contribution in [3.8, 4) is 5.75 Å². The van der Waals surface area contributed by atoms with Crippen molar-refractivity contribution in [2.45, 2.75) is 31.7 Å². The van der Waals surface area contributed by atoms with Gasteiger partial charge in [0.25, 0.3) is 5.91 Å². The van der Waals surface area contributed by atoms with Gasteiger partial charge in [0, 0.05) is 25.3 Å². The lowest BCUT2D eigenvalue weighted by Gasteiger charge is -2.24. The molecule has 114 valence electrons. The molecule has 1 unspecified atom stereocenters. The Labute approximate surface area is 122 Å². The van der Waals surface area contributed by atoms with Gasteiger partial charge in [-0.25, -0.2) is 0 Å². The summed E-state index contributed by atoms with van der Waals surface area (Å²) in [6.45, 7) is 0.637. The summed E-state index contributed by atoms with van der Waals surface area (Å²) in [4.78, 5) is 24.2. The van der Waals surface area contributed by atoms with E-state index >= 15 is 0 Å². The van der Waals surface area contributed by atoms with Crippen molar-refractivity contribution < 1.29 is 19.9 Å². The number of aliphatic hydroxyl groups excluding tert-OH is 1. The molecular formula is C14H18N2O5. The van der Waals surface area contributed by atoms with Crippen LogP contribution in [0.15, 0.2) is 18.2 Å². The van der Waals surface area contributed by atoms with E-state index < -0.39 is 22.3 Å². The van der Waals surface area contributed by atoms with Crippen LogP contribution in [-0.2, 0) is 0 Å². The SMILES string of the molecule is O=C(c1cccc([N+](=O)[O-])c1O)N1CCCC1CCCO. The van der Waals surface area contributed by atoms with E-state index in [4.69, 9.17) is 5.11 Å². The molecule has 2 rings (SSSR count). The van der Waals surface area contributed by atoms with Gasteiger partial charge in [-0.3, -0.25) is 14.9 Å². The second kappa shape index (κ2) is 6.53. The Morgan fingerprint density at radius 3 is 2.90 bits per heavy atom. The molecule has 21 heavy (non-hydrogen) atoms. The number of para-hydroxylation sites is 1. The molecule has 1 aromatic carbocycles. The predicted molar refractivity (Wildman–Crippen MR) is 75.1 cm³/mol. The van der Waals surface area contributed by atoms with E-state index in [1.165, 1.54) is 18.2 Å². The van der Waals surface area contributed by atoms with Gasteiger partial charge in [-0.15, -0.1) is 0 Å². The lowest BCUT2D eigenvalue weighted by Crippen LogP contribution is -2.35. The normalized spacial score (nSPS) is 18.0. The van der Waals surface area contributed by atoms with Gasteiger partial charge in [0.1, 0.15) is 0 Å². The van der Waals surface area contributed by atoms with Crippen molar-refractivity contribution in [1.29, 1.82) is 0 Å². The molecule has 1 aliphatic rings. The van der Waals surface area contributed by atoms with Gasteiger partial charge in [0.05, 0.1) is 10.5 Å². The lowest BCUT2D eigenvalue weighted by atomic mass is 10.1. The van der Waals surface area contributed by atoms with Crippen LogP contribution in [0.4, 0.5) is 5.69 Å². The van der Waals surface area contributed by atoms with Gasteiger partial charge in [0.15, 0.2) is 0 Å². The van der Waals surface area contributed by atoms with Crippen LogP contribution in [0.2, 0.25) is 0 Å². The van der Waals surface area contributed by atoms with Crippen LogP contribution in [0.5, 0.6) is 5.75 Å². The summed E-state index contributed by atoms with van der Waals surface area (Å²) >= 11 is 0. The Hall–Kier alpha value is -2.15. The van der Waals surface area contributed by atoms with Gasteiger partial charge in [-0.1, -0.05) is 6.07 Å². The number of nitro groups is 1. The number of carbonyl (C=O) groups excluding carboxylic acids is 1. The zero-order valence-electron chi connectivity index (χ0n) is 11.6. The highest BCUT2D eigenvalue weighted by Crippen LogP contribution is 2.32. The van der Waals surface area contributed by atoms with E-state index in [0.717, 1.165) is 12.8 Å². The Morgan fingerprint density at radius 2 is 2.24 bits per heavy atom. The average molecular weight is 294 g/mol. The zero-order valence-corrected chi connectivity index (χ0v) is 11.6. The van der Waals surface area contributed by atoms with Crippen molar-refractivity contribution in [2.24, 2.45) is 0 Å². The lowest BCUT2D eigenvalue weighted by molar-refractivity contribution is -0.385. The summed E-state index contributed by atoms with van der Waals surface area (Å²) in [5.74, 6) is -0.975. The molecular weight excluding hydrogens is 276 g/mol. The highest BCUT2D eigenvalue weighted by Gasteiger charge is 2.31. The van der Waals surface area contributed by atoms with E-state index in [9.17, 15) is 20.0 Å². The molecule has 1 atom stereocenters. The number of nitro benzene ring substituents is 1. The van der Waals surface area contributed by atoms with E-state index in [-0.39, 0.29) is 18.2 Å². The highest BCUT2D eigenvalue weighted by molar-refractivity contribution is 5.98. The summed E-state index contributed by atoms with van der Waals surface area (Å²) in [7, 11) is 0. The second-order valence-electron chi connectivity index (χ2n) is 5.09. The summed E-state index contributed by atoms with van der Waals surface area (Å²) in [5.41, 5.74) is -0.507. The molecule has 1 aromatic rings. The number of carbonyl (C=O) groups is 1. The number of phenols is 1. The van der Waals surface area contributed by atoms with Gasteiger partial charge in [-0.05, 0) is 31.7 Å². The number of aliphatic hydroxyl groups is 1. The molecule has 0 aromatic heterocycles. The average Bonchev–Trinajstić information content (AvgIpc) is 2.92. The Bertz CT molecular complexity index is 546. The number of nitrogens with zero attached hydrogens (tertiary/aromatic N) is 2. The number of hydrogen-bond acceptors (Lipinski definition) is 5. The smallest absolute Gasteiger partial charge is 0.311 e. The fraction of sp³-hybridized carbons (Fsp3) is 0.500. The van der Waals surface area contributed by atoms with Crippen molar-refractivity contribution in [2.75, 3.05) is 13.2 Å². The Balaban J connectivity index is 2.23.